The van der Waals surface area contributed by atoms with Crippen LogP contribution in [0.2, 0.25) is 0 Å². The molecule has 0 spiro atoms. The molecule has 8 nitrogen and oxygen atoms in total. The smallest absolute Gasteiger partial charge is 0.318 e. The molecule has 0 saturated carbocycles. The molecule has 0 amide bonds. The number of rotatable bonds is 7. The lowest BCUT2D eigenvalue weighted by Crippen LogP contribution is -2.40. The quantitative estimate of drug-likeness (QED) is 0.751. The zero-order chi connectivity index (χ0) is 15.5. The zero-order valence-electron chi connectivity index (χ0n) is 12.0. The lowest BCUT2D eigenvalue weighted by atomic mass is 10.4. The van der Waals surface area contributed by atoms with E-state index in [4.69, 9.17) is 9.63 Å². The predicted octanol–water partition coefficient (Wildman–Crippen LogP) is -0.0717. The Morgan fingerprint density at radius 1 is 1.30 bits per heavy atom. The average Bonchev–Trinajstić information content (AvgIpc) is 2.63. The molecule has 1 aromatic rings. The van der Waals surface area contributed by atoms with Crippen molar-refractivity contribution in [1.82, 2.24) is 14.4 Å². The minimum absolute atomic E-state index is 0.0579. The number of carboxylic acids is 1. The van der Waals surface area contributed by atoms with Crippen molar-refractivity contribution in [1.29, 1.82) is 0 Å². The van der Waals surface area contributed by atoms with Crippen molar-refractivity contribution in [3.05, 3.63) is 11.5 Å². The first kappa shape index (κ1) is 16.6. The van der Waals surface area contributed by atoms with Crippen molar-refractivity contribution in [2.75, 3.05) is 33.7 Å². The molecule has 0 fully saturated rings. The predicted molar refractivity (Wildman–Crippen MR) is 70.9 cm³/mol. The van der Waals surface area contributed by atoms with Crippen molar-refractivity contribution >= 4 is 16.0 Å². The summed E-state index contributed by atoms with van der Waals surface area (Å²) in [6.07, 6.45) is 0. The van der Waals surface area contributed by atoms with Crippen molar-refractivity contribution in [3.8, 4) is 0 Å². The van der Waals surface area contributed by atoms with E-state index in [0.717, 1.165) is 4.31 Å². The first-order chi connectivity index (χ1) is 9.16. The van der Waals surface area contributed by atoms with Gasteiger partial charge in [0.05, 0.1) is 0 Å². The van der Waals surface area contributed by atoms with Gasteiger partial charge in [-0.25, -0.2) is 8.42 Å². The van der Waals surface area contributed by atoms with Crippen molar-refractivity contribution < 1.29 is 22.8 Å². The number of aromatic nitrogens is 1. The maximum absolute atomic E-state index is 12.5. The van der Waals surface area contributed by atoms with Crippen LogP contribution in [0, 0.1) is 13.8 Å². The Kier molecular flexibility index (Phi) is 5.26. The van der Waals surface area contributed by atoms with Crippen LogP contribution in [0.25, 0.3) is 0 Å². The van der Waals surface area contributed by atoms with Crippen LogP contribution in [0.5, 0.6) is 0 Å². The molecular formula is C11H19N3O5S. The number of nitrogens with zero attached hydrogens (tertiary/aromatic N) is 3. The highest BCUT2D eigenvalue weighted by Crippen LogP contribution is 2.23. The van der Waals surface area contributed by atoms with Crippen LogP contribution in [-0.4, -0.2) is 67.6 Å². The summed E-state index contributed by atoms with van der Waals surface area (Å²) in [6, 6.07) is 0. The second kappa shape index (κ2) is 6.33. The fourth-order valence-corrected chi connectivity index (χ4v) is 3.39. The Balaban J connectivity index is 3.14. The maximum Gasteiger partial charge on any atom is 0.318 e. The summed E-state index contributed by atoms with van der Waals surface area (Å²) >= 11 is 0. The number of aliphatic carboxylic acids is 1. The molecular weight excluding hydrogens is 286 g/mol. The van der Waals surface area contributed by atoms with E-state index >= 15 is 0 Å². The largest absolute Gasteiger partial charge is 0.480 e. The van der Waals surface area contributed by atoms with Gasteiger partial charge in [0.15, 0.2) is 5.76 Å². The molecule has 0 aliphatic heterocycles. The van der Waals surface area contributed by atoms with E-state index in [2.05, 4.69) is 5.16 Å². The van der Waals surface area contributed by atoms with Crippen LogP contribution in [-0.2, 0) is 14.8 Å². The summed E-state index contributed by atoms with van der Waals surface area (Å²) in [7, 11) is -0.382. The van der Waals surface area contributed by atoms with Crippen LogP contribution in [0.1, 0.15) is 11.5 Å². The van der Waals surface area contributed by atoms with E-state index in [1.165, 1.54) is 13.8 Å². The fourth-order valence-electron chi connectivity index (χ4n) is 1.72. The molecule has 9 heteroatoms. The van der Waals surface area contributed by atoms with Crippen LogP contribution < -0.4 is 0 Å². The van der Waals surface area contributed by atoms with Gasteiger partial charge in [0.1, 0.15) is 17.1 Å². The van der Waals surface area contributed by atoms with E-state index in [9.17, 15) is 13.2 Å². The second-order valence-electron chi connectivity index (χ2n) is 4.69. The van der Waals surface area contributed by atoms with Gasteiger partial charge in [-0.1, -0.05) is 5.16 Å². The molecule has 0 saturated heterocycles. The molecule has 0 bridgehead atoms. The molecule has 0 aliphatic rings. The second-order valence-corrected chi connectivity index (χ2v) is 6.56. The summed E-state index contributed by atoms with van der Waals surface area (Å²) in [5.41, 5.74) is 0.225. The number of hydrogen-bond donors (Lipinski definition) is 1. The van der Waals surface area contributed by atoms with E-state index in [0.29, 0.717) is 6.54 Å². The Labute approximate surface area is 118 Å². The lowest BCUT2D eigenvalue weighted by Gasteiger charge is -2.21. The Bertz CT molecular complexity index is 559. The Morgan fingerprint density at radius 2 is 1.90 bits per heavy atom. The molecule has 1 rings (SSSR count). The highest BCUT2D eigenvalue weighted by Gasteiger charge is 2.32. The van der Waals surface area contributed by atoms with Crippen molar-refractivity contribution in [2.24, 2.45) is 0 Å². The van der Waals surface area contributed by atoms with E-state index in [1.807, 2.05) is 0 Å². The first-order valence-electron chi connectivity index (χ1n) is 5.95. The third kappa shape index (κ3) is 3.78. The molecule has 20 heavy (non-hydrogen) atoms. The van der Waals surface area contributed by atoms with Gasteiger partial charge in [-0.05, 0) is 27.9 Å². The molecule has 1 aromatic heterocycles. The third-order valence-corrected chi connectivity index (χ3v) is 4.76. The van der Waals surface area contributed by atoms with Crippen molar-refractivity contribution in [3.63, 3.8) is 0 Å². The van der Waals surface area contributed by atoms with E-state index in [-0.39, 0.29) is 22.9 Å². The molecule has 0 atom stereocenters. The minimum atomic E-state index is -3.94. The summed E-state index contributed by atoms with van der Waals surface area (Å²) < 4.78 is 30.8. The first-order valence-corrected chi connectivity index (χ1v) is 7.39. The number of sulfonamides is 1. The van der Waals surface area contributed by atoms with Gasteiger partial charge in [0.25, 0.3) is 0 Å². The summed E-state index contributed by atoms with van der Waals surface area (Å²) in [5, 5.41) is 12.5. The highest BCUT2D eigenvalue weighted by molar-refractivity contribution is 7.89. The fraction of sp³-hybridized carbons (Fsp3) is 0.636. The molecule has 1 N–H and O–H groups in total. The van der Waals surface area contributed by atoms with E-state index in [1.54, 1.807) is 19.0 Å². The normalized spacial score (nSPS) is 12.3. The topological polar surface area (TPSA) is 104 Å². The standard InChI is InChI=1S/C11H19N3O5S/c1-8-11(9(2)19-12-8)20(17,18)14(7-10(15)16)6-5-13(3)4/h5-7H2,1-4H3,(H,15,16). The zero-order valence-corrected chi connectivity index (χ0v) is 12.8. The third-order valence-electron chi connectivity index (χ3n) is 2.67. The van der Waals surface area contributed by atoms with Gasteiger partial charge < -0.3 is 14.5 Å². The molecule has 0 radical (unpaired) electrons. The number of likely N-dealkylation sites (N-methyl/N-ethyl adjacent to an activating group) is 1. The number of hydrogen-bond acceptors (Lipinski definition) is 6. The van der Waals surface area contributed by atoms with Crippen molar-refractivity contribution in [2.45, 2.75) is 18.7 Å². The Morgan fingerprint density at radius 3 is 2.30 bits per heavy atom. The molecule has 0 unspecified atom stereocenters. The Hall–Kier alpha value is -1.45. The maximum atomic E-state index is 12.5. The van der Waals surface area contributed by atoms with Crippen LogP contribution in [0.15, 0.2) is 9.42 Å². The van der Waals surface area contributed by atoms with Gasteiger partial charge in [0.2, 0.25) is 10.0 Å². The van der Waals surface area contributed by atoms with Gasteiger partial charge in [-0.3, -0.25) is 4.79 Å². The van der Waals surface area contributed by atoms with E-state index < -0.39 is 22.5 Å². The van der Waals surface area contributed by atoms with Gasteiger partial charge >= 0.3 is 5.97 Å². The summed E-state index contributed by atoms with van der Waals surface area (Å²) in [6.45, 7) is 2.88. The van der Waals surface area contributed by atoms with Crippen LogP contribution in [0.4, 0.5) is 0 Å². The molecule has 0 aliphatic carbocycles. The SMILES string of the molecule is Cc1noc(C)c1S(=O)(=O)N(CCN(C)C)CC(=O)O. The summed E-state index contributed by atoms with van der Waals surface area (Å²) in [5.74, 6) is -1.05. The lowest BCUT2D eigenvalue weighted by molar-refractivity contribution is -0.137. The number of carbonyl (C=O) groups is 1. The molecule has 114 valence electrons. The van der Waals surface area contributed by atoms with Crippen LogP contribution >= 0.6 is 0 Å². The molecule has 0 aromatic carbocycles. The molecule has 1 heterocycles. The van der Waals surface area contributed by atoms with Gasteiger partial charge in [-0.15, -0.1) is 0 Å². The highest BCUT2D eigenvalue weighted by atomic mass is 32.2. The average molecular weight is 305 g/mol. The number of carboxylic acid groups (broad SMARTS) is 1. The summed E-state index contributed by atoms with van der Waals surface area (Å²) in [4.78, 5) is 12.6. The van der Waals surface area contributed by atoms with Gasteiger partial charge in [-0.2, -0.15) is 4.31 Å². The minimum Gasteiger partial charge on any atom is -0.480 e. The number of aryl methyl sites for hydroxylation is 2. The monoisotopic (exact) mass is 305 g/mol. The van der Waals surface area contributed by atoms with Crippen LogP contribution in [0.3, 0.4) is 0 Å². The van der Waals surface area contributed by atoms with Gasteiger partial charge in [0, 0.05) is 13.1 Å².